The number of aryl methyl sites for hydroxylation is 2. The van der Waals surface area contributed by atoms with Crippen LogP contribution in [0.25, 0.3) is 11.0 Å². The monoisotopic (exact) mass is 319 g/mol. The zero-order valence-electron chi connectivity index (χ0n) is 13.6. The number of aromatic nitrogens is 2. The number of hydrogen-bond acceptors (Lipinski definition) is 3. The molecule has 5 nitrogen and oxygen atoms in total. The molecule has 24 heavy (non-hydrogen) atoms. The minimum absolute atomic E-state index is 0.161. The molecule has 0 spiro atoms. The molecule has 3 aromatic rings. The van der Waals surface area contributed by atoms with E-state index in [9.17, 15) is 9.59 Å². The lowest BCUT2D eigenvalue weighted by Crippen LogP contribution is -2.31. The SMILES string of the molecule is Cc1cccc(N2C(=O)C[C@H](n3c(C)nc4ccccc43)C2=O)c1. The van der Waals surface area contributed by atoms with E-state index < -0.39 is 6.04 Å². The Balaban J connectivity index is 1.79. The molecule has 0 radical (unpaired) electrons. The predicted octanol–water partition coefficient (Wildman–Crippen LogP) is 3.16. The highest BCUT2D eigenvalue weighted by molar-refractivity contribution is 6.22. The summed E-state index contributed by atoms with van der Waals surface area (Å²) >= 11 is 0. The summed E-state index contributed by atoms with van der Waals surface area (Å²) in [6.45, 7) is 3.81. The molecule has 0 saturated carbocycles. The number of anilines is 1. The molecular weight excluding hydrogens is 302 g/mol. The smallest absolute Gasteiger partial charge is 0.257 e. The second-order valence-corrected chi connectivity index (χ2v) is 6.14. The van der Waals surface area contributed by atoms with Gasteiger partial charge in [-0.2, -0.15) is 0 Å². The van der Waals surface area contributed by atoms with Crippen molar-refractivity contribution >= 4 is 28.5 Å². The first-order valence-corrected chi connectivity index (χ1v) is 7.93. The van der Waals surface area contributed by atoms with Gasteiger partial charge in [0.25, 0.3) is 5.91 Å². The van der Waals surface area contributed by atoms with Crippen LogP contribution in [-0.2, 0) is 9.59 Å². The molecule has 1 saturated heterocycles. The Kier molecular flexibility index (Phi) is 3.23. The third-order valence-electron chi connectivity index (χ3n) is 4.47. The minimum atomic E-state index is -0.537. The highest BCUT2D eigenvalue weighted by atomic mass is 16.2. The van der Waals surface area contributed by atoms with Crippen LogP contribution < -0.4 is 4.90 Å². The van der Waals surface area contributed by atoms with E-state index in [1.165, 1.54) is 4.90 Å². The van der Waals surface area contributed by atoms with Crippen LogP contribution in [0.2, 0.25) is 0 Å². The van der Waals surface area contributed by atoms with Crippen LogP contribution in [0.1, 0.15) is 23.9 Å². The van der Waals surface area contributed by atoms with Crippen molar-refractivity contribution in [3.05, 3.63) is 59.9 Å². The molecule has 0 aliphatic carbocycles. The van der Waals surface area contributed by atoms with Crippen molar-refractivity contribution in [2.45, 2.75) is 26.3 Å². The summed E-state index contributed by atoms with van der Waals surface area (Å²) in [5.41, 5.74) is 3.37. The van der Waals surface area contributed by atoms with Crippen molar-refractivity contribution in [2.75, 3.05) is 4.90 Å². The molecule has 0 N–H and O–H groups in total. The van der Waals surface area contributed by atoms with Crippen LogP contribution in [0.3, 0.4) is 0 Å². The number of imidazole rings is 1. The van der Waals surface area contributed by atoms with Gasteiger partial charge in [-0.25, -0.2) is 9.88 Å². The largest absolute Gasteiger partial charge is 0.315 e. The number of imide groups is 1. The third kappa shape index (κ3) is 2.12. The number of nitrogens with zero attached hydrogens (tertiary/aromatic N) is 3. The average molecular weight is 319 g/mol. The Hall–Kier alpha value is -2.95. The first kappa shape index (κ1) is 14.6. The van der Waals surface area contributed by atoms with Crippen LogP contribution in [-0.4, -0.2) is 21.4 Å². The van der Waals surface area contributed by atoms with Gasteiger partial charge in [0, 0.05) is 0 Å². The maximum Gasteiger partial charge on any atom is 0.257 e. The Morgan fingerprint density at radius 2 is 1.83 bits per heavy atom. The number of hydrogen-bond donors (Lipinski definition) is 0. The van der Waals surface area contributed by atoms with Gasteiger partial charge in [-0.3, -0.25) is 9.59 Å². The number of benzene rings is 2. The van der Waals surface area contributed by atoms with Gasteiger partial charge in [-0.05, 0) is 43.7 Å². The molecule has 2 aromatic carbocycles. The molecule has 120 valence electrons. The molecular formula is C19H17N3O2. The van der Waals surface area contributed by atoms with E-state index >= 15 is 0 Å². The van der Waals surface area contributed by atoms with Gasteiger partial charge in [-0.15, -0.1) is 0 Å². The van der Waals surface area contributed by atoms with E-state index in [-0.39, 0.29) is 18.2 Å². The van der Waals surface area contributed by atoms with Gasteiger partial charge in [0.05, 0.1) is 23.1 Å². The summed E-state index contributed by atoms with van der Waals surface area (Å²) < 4.78 is 1.88. The maximum atomic E-state index is 13.0. The van der Waals surface area contributed by atoms with E-state index in [0.29, 0.717) is 5.69 Å². The number of carbonyl (C=O) groups excluding carboxylic acids is 2. The van der Waals surface area contributed by atoms with Gasteiger partial charge in [0.1, 0.15) is 11.9 Å². The Morgan fingerprint density at radius 3 is 2.62 bits per heavy atom. The van der Waals surface area contributed by atoms with Crippen LogP contribution in [0.15, 0.2) is 48.5 Å². The van der Waals surface area contributed by atoms with Crippen LogP contribution in [0.4, 0.5) is 5.69 Å². The van der Waals surface area contributed by atoms with Gasteiger partial charge >= 0.3 is 0 Å². The predicted molar refractivity (Wildman–Crippen MR) is 91.8 cm³/mol. The molecule has 2 heterocycles. The molecule has 1 aromatic heterocycles. The van der Waals surface area contributed by atoms with Crippen LogP contribution >= 0.6 is 0 Å². The van der Waals surface area contributed by atoms with Crippen molar-refractivity contribution in [3.8, 4) is 0 Å². The molecule has 0 bridgehead atoms. The highest BCUT2D eigenvalue weighted by Crippen LogP contribution is 2.33. The van der Waals surface area contributed by atoms with Gasteiger partial charge in [-0.1, -0.05) is 24.3 Å². The maximum absolute atomic E-state index is 13.0. The Bertz CT molecular complexity index is 974. The summed E-state index contributed by atoms with van der Waals surface area (Å²) in [4.78, 5) is 31.3. The van der Waals surface area contributed by atoms with Crippen molar-refractivity contribution < 1.29 is 9.59 Å². The van der Waals surface area contributed by atoms with Crippen LogP contribution in [0.5, 0.6) is 0 Å². The van der Waals surface area contributed by atoms with Gasteiger partial charge < -0.3 is 4.57 Å². The zero-order valence-corrected chi connectivity index (χ0v) is 13.6. The number of amides is 2. The molecule has 4 rings (SSSR count). The number of rotatable bonds is 2. The lowest BCUT2D eigenvalue weighted by atomic mass is 10.2. The van der Waals surface area contributed by atoms with Gasteiger partial charge in [0.15, 0.2) is 0 Å². The average Bonchev–Trinajstić information content (AvgIpc) is 3.02. The summed E-state index contributed by atoms with van der Waals surface area (Å²) in [6.07, 6.45) is 0.161. The standard InChI is InChI=1S/C19H17N3O2/c1-12-6-5-7-14(10-12)22-18(23)11-17(19(22)24)21-13(2)20-15-8-3-4-9-16(15)21/h3-10,17H,11H2,1-2H3/t17-/m0/s1. The lowest BCUT2D eigenvalue weighted by Gasteiger charge is -2.17. The van der Waals surface area contributed by atoms with Crippen molar-refractivity contribution in [2.24, 2.45) is 0 Å². The fourth-order valence-corrected chi connectivity index (χ4v) is 3.41. The normalized spacial score (nSPS) is 17.9. The van der Waals surface area contributed by atoms with E-state index in [0.717, 1.165) is 22.4 Å². The third-order valence-corrected chi connectivity index (χ3v) is 4.47. The summed E-state index contributed by atoms with van der Waals surface area (Å²) in [5.74, 6) is 0.373. The molecule has 1 fully saturated rings. The van der Waals surface area contributed by atoms with Crippen molar-refractivity contribution in [1.29, 1.82) is 0 Å². The minimum Gasteiger partial charge on any atom is -0.315 e. The molecule has 1 aliphatic heterocycles. The molecule has 5 heteroatoms. The van der Waals surface area contributed by atoms with Crippen molar-refractivity contribution in [1.82, 2.24) is 9.55 Å². The van der Waals surface area contributed by atoms with E-state index in [1.54, 1.807) is 6.07 Å². The first-order chi connectivity index (χ1) is 11.6. The van der Waals surface area contributed by atoms with E-state index in [4.69, 9.17) is 0 Å². The fourth-order valence-electron chi connectivity index (χ4n) is 3.41. The second-order valence-electron chi connectivity index (χ2n) is 6.14. The van der Waals surface area contributed by atoms with E-state index in [2.05, 4.69) is 4.98 Å². The quantitative estimate of drug-likeness (QED) is 0.682. The summed E-state index contributed by atoms with van der Waals surface area (Å²) in [6, 6.07) is 14.6. The second kappa shape index (κ2) is 5.30. The molecule has 1 atom stereocenters. The number of para-hydroxylation sites is 2. The number of carbonyl (C=O) groups is 2. The lowest BCUT2D eigenvalue weighted by molar-refractivity contribution is -0.122. The highest BCUT2D eigenvalue weighted by Gasteiger charge is 2.41. The number of fused-ring (bicyclic) bond motifs is 1. The Morgan fingerprint density at radius 1 is 1.04 bits per heavy atom. The summed E-state index contributed by atoms with van der Waals surface area (Å²) in [7, 11) is 0. The molecule has 1 aliphatic rings. The van der Waals surface area contributed by atoms with E-state index in [1.807, 2.05) is 60.9 Å². The zero-order chi connectivity index (χ0) is 16.8. The Labute approximate surface area is 139 Å². The molecule has 2 amide bonds. The van der Waals surface area contributed by atoms with Crippen LogP contribution in [0, 0.1) is 13.8 Å². The van der Waals surface area contributed by atoms with Crippen molar-refractivity contribution in [3.63, 3.8) is 0 Å². The first-order valence-electron chi connectivity index (χ1n) is 7.93. The van der Waals surface area contributed by atoms with Gasteiger partial charge in [0.2, 0.25) is 5.91 Å². The molecule has 0 unspecified atom stereocenters. The summed E-state index contributed by atoms with van der Waals surface area (Å²) in [5, 5.41) is 0. The fraction of sp³-hybridized carbons (Fsp3) is 0.211. The topological polar surface area (TPSA) is 55.2 Å².